The summed E-state index contributed by atoms with van der Waals surface area (Å²) in [5.74, 6) is 0.428. The lowest BCUT2D eigenvalue weighted by atomic mass is 9.97. The van der Waals surface area contributed by atoms with Crippen LogP contribution in [-0.4, -0.2) is 18.5 Å². The first-order valence-electron chi connectivity index (χ1n) is 7.37. The highest BCUT2D eigenvalue weighted by atomic mass is 32.1. The number of hydrogen-bond acceptors (Lipinski definition) is 3. The Morgan fingerprint density at radius 3 is 3.05 bits per heavy atom. The van der Waals surface area contributed by atoms with E-state index in [9.17, 15) is 4.79 Å². The lowest BCUT2D eigenvalue weighted by molar-refractivity contribution is -0.122. The lowest BCUT2D eigenvalue weighted by Gasteiger charge is -2.15. The number of benzene rings is 1. The summed E-state index contributed by atoms with van der Waals surface area (Å²) >= 11 is 1.74. The summed E-state index contributed by atoms with van der Waals surface area (Å²) in [5, 5.41) is 8.56. The average molecular weight is 300 g/mol. The molecule has 1 aromatic heterocycles. The van der Waals surface area contributed by atoms with Crippen LogP contribution in [0.4, 0.5) is 5.69 Å². The van der Waals surface area contributed by atoms with Gasteiger partial charge in [-0.2, -0.15) is 0 Å². The van der Waals surface area contributed by atoms with Gasteiger partial charge in [0.2, 0.25) is 5.91 Å². The van der Waals surface area contributed by atoms with Gasteiger partial charge < -0.3 is 10.6 Å². The predicted octanol–water partition coefficient (Wildman–Crippen LogP) is 3.39. The molecule has 0 radical (unpaired) electrons. The molecule has 21 heavy (non-hydrogen) atoms. The molecular formula is C17H20N2OS. The quantitative estimate of drug-likeness (QED) is 0.888. The molecule has 0 saturated carbocycles. The van der Waals surface area contributed by atoms with Crippen LogP contribution < -0.4 is 10.6 Å². The van der Waals surface area contributed by atoms with Crippen molar-refractivity contribution in [3.05, 3.63) is 52.2 Å². The van der Waals surface area contributed by atoms with Gasteiger partial charge in [0.1, 0.15) is 0 Å². The van der Waals surface area contributed by atoms with Gasteiger partial charge in [0.15, 0.2) is 0 Å². The third-order valence-corrected chi connectivity index (χ3v) is 4.76. The van der Waals surface area contributed by atoms with E-state index in [2.05, 4.69) is 47.2 Å². The second kappa shape index (κ2) is 6.31. The number of amides is 1. The molecule has 2 unspecified atom stereocenters. The molecule has 0 spiro atoms. The summed E-state index contributed by atoms with van der Waals surface area (Å²) in [7, 11) is 0. The molecule has 110 valence electrons. The van der Waals surface area contributed by atoms with E-state index in [4.69, 9.17) is 0 Å². The fourth-order valence-corrected chi connectivity index (χ4v) is 3.71. The van der Waals surface area contributed by atoms with E-state index in [0.29, 0.717) is 6.42 Å². The first-order valence-corrected chi connectivity index (χ1v) is 8.25. The monoisotopic (exact) mass is 300 g/mol. The average Bonchev–Trinajstić information content (AvgIpc) is 3.09. The van der Waals surface area contributed by atoms with Gasteiger partial charge >= 0.3 is 0 Å². The zero-order valence-corrected chi connectivity index (χ0v) is 13.0. The van der Waals surface area contributed by atoms with E-state index in [1.165, 1.54) is 16.1 Å². The molecule has 0 saturated heterocycles. The second-order valence-corrected chi connectivity index (χ2v) is 6.65. The van der Waals surface area contributed by atoms with Gasteiger partial charge in [0.25, 0.3) is 0 Å². The molecule has 2 atom stereocenters. The maximum atomic E-state index is 12.2. The van der Waals surface area contributed by atoms with Crippen LogP contribution in [0.3, 0.4) is 0 Å². The van der Waals surface area contributed by atoms with Gasteiger partial charge in [-0.1, -0.05) is 24.3 Å². The van der Waals surface area contributed by atoms with Gasteiger partial charge in [-0.05, 0) is 30.0 Å². The molecule has 2 aromatic rings. The van der Waals surface area contributed by atoms with Crippen LogP contribution >= 0.6 is 11.3 Å². The van der Waals surface area contributed by atoms with E-state index in [1.807, 2.05) is 12.1 Å². The third-order valence-electron chi connectivity index (χ3n) is 3.87. The van der Waals surface area contributed by atoms with E-state index in [0.717, 1.165) is 13.0 Å². The highest BCUT2D eigenvalue weighted by Crippen LogP contribution is 2.33. The Bertz CT molecular complexity index is 609. The van der Waals surface area contributed by atoms with E-state index in [-0.39, 0.29) is 17.9 Å². The Morgan fingerprint density at radius 1 is 1.38 bits per heavy atom. The van der Waals surface area contributed by atoms with Gasteiger partial charge in [-0.3, -0.25) is 4.79 Å². The molecule has 0 bridgehead atoms. The lowest BCUT2D eigenvalue weighted by Crippen LogP contribution is -2.34. The van der Waals surface area contributed by atoms with Crippen LogP contribution in [0, 0.1) is 0 Å². The number of rotatable bonds is 5. The third kappa shape index (κ3) is 3.45. The molecule has 0 aliphatic carbocycles. The number of carbonyl (C=O) groups excluding carboxylic acids is 1. The minimum absolute atomic E-state index is 0.141. The predicted molar refractivity (Wildman–Crippen MR) is 87.9 cm³/mol. The van der Waals surface area contributed by atoms with Crippen LogP contribution in [0.25, 0.3) is 0 Å². The number of thiophene rings is 1. The number of para-hydroxylation sites is 1. The van der Waals surface area contributed by atoms with E-state index < -0.39 is 0 Å². The Hall–Kier alpha value is -1.81. The Kier molecular flexibility index (Phi) is 4.25. The zero-order valence-electron chi connectivity index (χ0n) is 12.1. The summed E-state index contributed by atoms with van der Waals surface area (Å²) in [6.45, 7) is 2.92. The van der Waals surface area contributed by atoms with Crippen LogP contribution in [0.1, 0.15) is 29.7 Å². The topological polar surface area (TPSA) is 41.1 Å². The highest BCUT2D eigenvalue weighted by molar-refractivity contribution is 7.09. The van der Waals surface area contributed by atoms with Gasteiger partial charge in [0, 0.05) is 41.9 Å². The number of carbonyl (C=O) groups is 1. The van der Waals surface area contributed by atoms with E-state index in [1.54, 1.807) is 11.3 Å². The number of fused-ring (bicyclic) bond motifs is 1. The first-order chi connectivity index (χ1) is 10.2. The van der Waals surface area contributed by atoms with Gasteiger partial charge in [0.05, 0.1) is 0 Å². The smallest absolute Gasteiger partial charge is 0.220 e. The molecule has 2 N–H and O–H groups in total. The van der Waals surface area contributed by atoms with Crippen LogP contribution in [-0.2, 0) is 11.2 Å². The minimum Gasteiger partial charge on any atom is -0.384 e. The molecule has 2 heterocycles. The van der Waals surface area contributed by atoms with Crippen LogP contribution in [0.2, 0.25) is 0 Å². The molecule has 1 amide bonds. The van der Waals surface area contributed by atoms with Crippen molar-refractivity contribution < 1.29 is 4.79 Å². The molecule has 1 aliphatic heterocycles. The molecular weight excluding hydrogens is 280 g/mol. The summed E-state index contributed by atoms with van der Waals surface area (Å²) in [5.41, 5.74) is 2.43. The summed E-state index contributed by atoms with van der Waals surface area (Å²) in [6.07, 6.45) is 1.46. The fraction of sp³-hybridized carbons (Fsp3) is 0.353. The van der Waals surface area contributed by atoms with Crippen molar-refractivity contribution in [3.63, 3.8) is 0 Å². The van der Waals surface area contributed by atoms with Crippen LogP contribution in [0.15, 0.2) is 41.8 Å². The van der Waals surface area contributed by atoms with Crippen molar-refractivity contribution in [2.75, 3.05) is 11.9 Å². The molecule has 1 aliphatic rings. The molecule has 1 aromatic carbocycles. The SMILES string of the molecule is CC(Cc1cccs1)NC(=O)CC1CNc2ccccc21. The van der Waals surface area contributed by atoms with Crippen molar-refractivity contribution >= 4 is 22.9 Å². The van der Waals surface area contributed by atoms with Crippen molar-refractivity contribution in [2.24, 2.45) is 0 Å². The largest absolute Gasteiger partial charge is 0.384 e. The normalized spacial score (nSPS) is 17.9. The van der Waals surface area contributed by atoms with Crippen molar-refractivity contribution in [1.29, 1.82) is 0 Å². The number of hydrogen-bond donors (Lipinski definition) is 2. The Morgan fingerprint density at radius 2 is 2.24 bits per heavy atom. The zero-order chi connectivity index (χ0) is 14.7. The van der Waals surface area contributed by atoms with Gasteiger partial charge in [-0.25, -0.2) is 0 Å². The van der Waals surface area contributed by atoms with E-state index >= 15 is 0 Å². The van der Waals surface area contributed by atoms with Crippen molar-refractivity contribution in [2.45, 2.75) is 31.7 Å². The summed E-state index contributed by atoms with van der Waals surface area (Å²) in [6, 6.07) is 12.6. The number of anilines is 1. The van der Waals surface area contributed by atoms with Crippen LogP contribution in [0.5, 0.6) is 0 Å². The van der Waals surface area contributed by atoms with Crippen molar-refractivity contribution in [3.8, 4) is 0 Å². The second-order valence-electron chi connectivity index (χ2n) is 5.62. The maximum Gasteiger partial charge on any atom is 0.220 e. The van der Waals surface area contributed by atoms with Gasteiger partial charge in [-0.15, -0.1) is 11.3 Å². The molecule has 4 heteroatoms. The maximum absolute atomic E-state index is 12.2. The summed E-state index contributed by atoms with van der Waals surface area (Å²) in [4.78, 5) is 13.5. The summed E-state index contributed by atoms with van der Waals surface area (Å²) < 4.78 is 0. The Labute approximate surface area is 129 Å². The molecule has 3 rings (SSSR count). The standard InChI is InChI=1S/C17H20N2OS/c1-12(9-14-5-4-8-21-14)19-17(20)10-13-11-18-16-7-3-2-6-15(13)16/h2-8,12-13,18H,9-11H2,1H3,(H,19,20). The fourth-order valence-electron chi connectivity index (χ4n) is 2.88. The molecule has 3 nitrogen and oxygen atoms in total. The Balaban J connectivity index is 1.53. The number of nitrogens with one attached hydrogen (secondary N) is 2. The minimum atomic E-state index is 0.141. The molecule has 0 fully saturated rings. The van der Waals surface area contributed by atoms with Crippen molar-refractivity contribution in [1.82, 2.24) is 5.32 Å². The first kappa shape index (κ1) is 14.1. The highest BCUT2D eigenvalue weighted by Gasteiger charge is 2.24.